The van der Waals surface area contributed by atoms with Crippen LogP contribution >= 0.6 is 24.2 Å². The number of carbonyl (C=O) groups is 1. The highest BCUT2D eigenvalue weighted by Crippen LogP contribution is 2.23. The molecule has 1 N–H and O–H groups in total. The largest absolute Gasteiger partial charge is 0.343 e. The van der Waals surface area contributed by atoms with Crippen LogP contribution < -0.4 is 5.32 Å². The predicted octanol–water partition coefficient (Wildman–Crippen LogP) is 3.67. The van der Waals surface area contributed by atoms with E-state index < -0.39 is 0 Å². The van der Waals surface area contributed by atoms with Crippen molar-refractivity contribution in [3.63, 3.8) is 0 Å². The van der Waals surface area contributed by atoms with E-state index in [-0.39, 0.29) is 12.4 Å². The van der Waals surface area contributed by atoms with E-state index in [1.165, 1.54) is 16.0 Å². The van der Waals surface area contributed by atoms with Crippen LogP contribution in [0.15, 0.2) is 23.1 Å². The number of hydrogen-bond donors (Lipinski definition) is 1. The smallest absolute Gasteiger partial charge is 0.223 e. The van der Waals surface area contributed by atoms with Crippen LogP contribution in [0.2, 0.25) is 0 Å². The molecule has 1 saturated heterocycles. The van der Waals surface area contributed by atoms with Gasteiger partial charge in [0.2, 0.25) is 5.91 Å². The number of carbonyl (C=O) groups excluding carboxylic acids is 1. The van der Waals surface area contributed by atoms with Crippen molar-refractivity contribution >= 4 is 30.1 Å². The molecule has 1 aromatic carbocycles. The van der Waals surface area contributed by atoms with Gasteiger partial charge >= 0.3 is 0 Å². The maximum absolute atomic E-state index is 12.3. The topological polar surface area (TPSA) is 32.3 Å². The van der Waals surface area contributed by atoms with E-state index in [0.29, 0.717) is 12.3 Å². The lowest BCUT2D eigenvalue weighted by molar-refractivity contribution is -0.132. The van der Waals surface area contributed by atoms with Crippen LogP contribution in [0.1, 0.15) is 30.4 Å². The Morgan fingerprint density at radius 3 is 2.57 bits per heavy atom. The lowest BCUT2D eigenvalue weighted by Crippen LogP contribution is -2.40. The third-order valence-electron chi connectivity index (χ3n) is 4.52. The number of nitrogens with one attached hydrogen (secondary N) is 1. The van der Waals surface area contributed by atoms with Crippen molar-refractivity contribution in [1.82, 2.24) is 10.2 Å². The summed E-state index contributed by atoms with van der Waals surface area (Å²) in [5.74, 6) is 1.93. The van der Waals surface area contributed by atoms with Gasteiger partial charge in [0.05, 0.1) is 0 Å². The second kappa shape index (κ2) is 10.2. The Morgan fingerprint density at radius 2 is 1.96 bits per heavy atom. The molecule has 0 unspecified atom stereocenters. The summed E-state index contributed by atoms with van der Waals surface area (Å²) in [6.45, 7) is 7.20. The third-order valence-corrected chi connectivity index (χ3v) is 5.52. The van der Waals surface area contributed by atoms with Crippen LogP contribution in [0.4, 0.5) is 0 Å². The summed E-state index contributed by atoms with van der Waals surface area (Å²) in [5, 5.41) is 3.24. The van der Waals surface area contributed by atoms with Crippen molar-refractivity contribution < 1.29 is 4.79 Å². The van der Waals surface area contributed by atoms with Crippen molar-refractivity contribution in [3.05, 3.63) is 29.3 Å². The molecule has 0 aromatic heterocycles. The maximum Gasteiger partial charge on any atom is 0.223 e. The van der Waals surface area contributed by atoms with Crippen molar-refractivity contribution in [2.24, 2.45) is 5.92 Å². The Bertz CT molecular complexity index is 502. The molecule has 23 heavy (non-hydrogen) atoms. The molecule has 0 atom stereocenters. The first-order valence-corrected chi connectivity index (χ1v) is 9.21. The first kappa shape index (κ1) is 20.3. The minimum Gasteiger partial charge on any atom is -0.343 e. The number of rotatable bonds is 6. The summed E-state index contributed by atoms with van der Waals surface area (Å²) < 4.78 is 0. The quantitative estimate of drug-likeness (QED) is 0.789. The van der Waals surface area contributed by atoms with Gasteiger partial charge in [-0.15, -0.1) is 24.2 Å². The summed E-state index contributed by atoms with van der Waals surface area (Å²) in [5.41, 5.74) is 2.65. The maximum atomic E-state index is 12.3. The van der Waals surface area contributed by atoms with Crippen LogP contribution in [0, 0.1) is 19.8 Å². The molecule has 1 heterocycles. The molecule has 0 aliphatic carbocycles. The Balaban J connectivity index is 0.00000264. The molecule has 3 nitrogen and oxygen atoms in total. The van der Waals surface area contributed by atoms with Crippen molar-refractivity contribution in [2.75, 3.05) is 32.4 Å². The molecule has 0 radical (unpaired) electrons. The van der Waals surface area contributed by atoms with E-state index in [1.54, 1.807) is 11.8 Å². The average molecular weight is 357 g/mol. The van der Waals surface area contributed by atoms with Crippen LogP contribution in [-0.2, 0) is 4.79 Å². The van der Waals surface area contributed by atoms with Crippen LogP contribution in [0.25, 0.3) is 0 Å². The number of piperidine rings is 1. The minimum absolute atomic E-state index is 0. The Morgan fingerprint density at radius 1 is 1.26 bits per heavy atom. The second-order valence-electron chi connectivity index (χ2n) is 6.23. The molecule has 0 bridgehead atoms. The molecule has 0 spiro atoms. The van der Waals surface area contributed by atoms with Crippen LogP contribution in [-0.4, -0.2) is 43.2 Å². The van der Waals surface area contributed by atoms with Gasteiger partial charge in [-0.1, -0.05) is 6.07 Å². The second-order valence-corrected chi connectivity index (χ2v) is 7.39. The standard InChI is InChI=1S/C18H28N2OS.ClH/c1-14-4-5-17(12-15(14)2)22-11-8-18(21)20-9-6-16(7-10-20)13-19-3;/h4-5,12,16,19H,6-11,13H2,1-3H3;1H. The molecule has 130 valence electrons. The number of likely N-dealkylation sites (tertiary alicyclic amines) is 1. The van der Waals surface area contributed by atoms with Gasteiger partial charge in [-0.3, -0.25) is 4.79 Å². The summed E-state index contributed by atoms with van der Waals surface area (Å²) in [7, 11) is 2.00. The minimum atomic E-state index is 0. The lowest BCUT2D eigenvalue weighted by atomic mass is 9.97. The SMILES string of the molecule is CNCC1CCN(C(=O)CCSc2ccc(C)c(C)c2)CC1.Cl. The number of hydrogen-bond acceptors (Lipinski definition) is 3. The molecule has 1 aliphatic heterocycles. The zero-order valence-corrected chi connectivity index (χ0v) is 16.1. The highest BCUT2D eigenvalue weighted by atomic mass is 35.5. The van der Waals surface area contributed by atoms with Gasteiger partial charge < -0.3 is 10.2 Å². The van der Waals surface area contributed by atoms with Gasteiger partial charge in [0, 0.05) is 30.2 Å². The molecule has 1 fully saturated rings. The van der Waals surface area contributed by atoms with Gasteiger partial charge in [0.1, 0.15) is 0 Å². The molecular formula is C18H29ClN2OS. The monoisotopic (exact) mass is 356 g/mol. The van der Waals surface area contributed by atoms with Gasteiger partial charge in [0.15, 0.2) is 0 Å². The van der Waals surface area contributed by atoms with E-state index in [0.717, 1.165) is 44.1 Å². The molecule has 1 aliphatic rings. The van der Waals surface area contributed by atoms with Gasteiger partial charge in [-0.05, 0) is 69.5 Å². The van der Waals surface area contributed by atoms with Crippen molar-refractivity contribution in [2.45, 2.75) is 38.0 Å². The molecule has 0 saturated carbocycles. The Kier molecular flexibility index (Phi) is 9.03. The fourth-order valence-electron chi connectivity index (χ4n) is 2.89. The summed E-state index contributed by atoms with van der Waals surface area (Å²) >= 11 is 1.79. The molecule has 1 amide bonds. The third kappa shape index (κ3) is 6.36. The molecule has 1 aromatic rings. The van der Waals surface area contributed by atoms with E-state index >= 15 is 0 Å². The van der Waals surface area contributed by atoms with Gasteiger partial charge in [-0.25, -0.2) is 0 Å². The van der Waals surface area contributed by atoms with E-state index in [9.17, 15) is 4.79 Å². The van der Waals surface area contributed by atoms with Gasteiger partial charge in [-0.2, -0.15) is 0 Å². The van der Waals surface area contributed by atoms with Crippen LogP contribution in [0.5, 0.6) is 0 Å². The number of nitrogens with zero attached hydrogens (tertiary/aromatic N) is 1. The molecular weight excluding hydrogens is 328 g/mol. The van der Waals surface area contributed by atoms with Crippen LogP contribution in [0.3, 0.4) is 0 Å². The van der Waals surface area contributed by atoms with E-state index in [1.807, 2.05) is 11.9 Å². The Hall–Kier alpha value is -0.710. The van der Waals surface area contributed by atoms with E-state index in [2.05, 4.69) is 37.4 Å². The summed E-state index contributed by atoms with van der Waals surface area (Å²) in [4.78, 5) is 15.6. The van der Waals surface area contributed by atoms with Crippen molar-refractivity contribution in [1.29, 1.82) is 0 Å². The number of benzene rings is 1. The van der Waals surface area contributed by atoms with Gasteiger partial charge in [0.25, 0.3) is 0 Å². The fourth-order valence-corrected chi connectivity index (χ4v) is 3.83. The zero-order chi connectivity index (χ0) is 15.9. The number of aryl methyl sites for hydroxylation is 2. The Labute approximate surface area is 151 Å². The molecule has 2 rings (SSSR count). The number of halogens is 1. The first-order valence-electron chi connectivity index (χ1n) is 8.22. The summed E-state index contributed by atoms with van der Waals surface area (Å²) in [6, 6.07) is 6.53. The van der Waals surface area contributed by atoms with E-state index in [4.69, 9.17) is 0 Å². The first-order chi connectivity index (χ1) is 10.6. The summed E-state index contributed by atoms with van der Waals surface area (Å²) in [6.07, 6.45) is 2.92. The highest BCUT2D eigenvalue weighted by Gasteiger charge is 2.21. The number of amides is 1. The zero-order valence-electron chi connectivity index (χ0n) is 14.4. The average Bonchev–Trinajstić information content (AvgIpc) is 2.52. The fraction of sp³-hybridized carbons (Fsp3) is 0.611. The van der Waals surface area contributed by atoms with Crippen molar-refractivity contribution in [3.8, 4) is 0 Å². The highest BCUT2D eigenvalue weighted by molar-refractivity contribution is 7.99. The molecule has 5 heteroatoms. The predicted molar refractivity (Wildman–Crippen MR) is 102 cm³/mol. The number of thioether (sulfide) groups is 1. The lowest BCUT2D eigenvalue weighted by Gasteiger charge is -2.32. The normalized spacial score (nSPS) is 15.3.